The van der Waals surface area contributed by atoms with Crippen LogP contribution in [0.1, 0.15) is 12.6 Å². The Labute approximate surface area is 67.4 Å². The average molecular weight is 204 g/mol. The Hall–Kier alpha value is -0.440. The highest BCUT2D eigenvalue weighted by atomic mass is 79.9. The van der Waals surface area contributed by atoms with Crippen molar-refractivity contribution in [3.8, 4) is 0 Å². The molecule has 0 aliphatic heterocycles. The largest absolute Gasteiger partial charge is 0.257 e. The van der Waals surface area contributed by atoms with Gasteiger partial charge < -0.3 is 0 Å². The van der Waals surface area contributed by atoms with Crippen LogP contribution in [0.4, 0.5) is 4.39 Å². The van der Waals surface area contributed by atoms with Gasteiger partial charge in [-0.05, 0) is 28.4 Å². The molecule has 1 aromatic rings. The SMILES string of the molecule is CCc1ncc(Br)cc1F. The summed E-state index contributed by atoms with van der Waals surface area (Å²) in [6.07, 6.45) is 2.24. The Balaban J connectivity index is 3.07. The van der Waals surface area contributed by atoms with E-state index in [-0.39, 0.29) is 5.82 Å². The van der Waals surface area contributed by atoms with Gasteiger partial charge in [0.15, 0.2) is 0 Å². The third kappa shape index (κ3) is 1.53. The van der Waals surface area contributed by atoms with Gasteiger partial charge in [0.2, 0.25) is 0 Å². The van der Waals surface area contributed by atoms with Crippen LogP contribution in [0.2, 0.25) is 0 Å². The second-order valence-electron chi connectivity index (χ2n) is 1.94. The zero-order chi connectivity index (χ0) is 7.56. The van der Waals surface area contributed by atoms with Gasteiger partial charge in [0.05, 0.1) is 5.69 Å². The number of rotatable bonds is 1. The molecule has 0 saturated carbocycles. The lowest BCUT2D eigenvalue weighted by Crippen LogP contribution is -1.91. The van der Waals surface area contributed by atoms with Crippen LogP contribution >= 0.6 is 15.9 Å². The predicted octanol–water partition coefficient (Wildman–Crippen LogP) is 2.55. The molecule has 1 heterocycles. The van der Waals surface area contributed by atoms with E-state index < -0.39 is 0 Å². The molecule has 0 atom stereocenters. The fourth-order valence-corrected chi connectivity index (χ4v) is 1.01. The molecule has 0 aromatic carbocycles. The smallest absolute Gasteiger partial charge is 0.145 e. The number of halogens is 2. The minimum atomic E-state index is -0.239. The normalized spacial score (nSPS) is 9.90. The number of aromatic nitrogens is 1. The molecule has 0 aliphatic rings. The number of hydrogen-bond acceptors (Lipinski definition) is 1. The first kappa shape index (κ1) is 7.66. The predicted molar refractivity (Wildman–Crippen MR) is 41.3 cm³/mol. The summed E-state index contributed by atoms with van der Waals surface area (Å²) in [6.45, 7) is 1.87. The van der Waals surface area contributed by atoms with Gasteiger partial charge in [-0.3, -0.25) is 4.98 Å². The van der Waals surface area contributed by atoms with Gasteiger partial charge in [0.1, 0.15) is 5.82 Å². The molecule has 0 saturated heterocycles. The van der Waals surface area contributed by atoms with Crippen LogP contribution in [0, 0.1) is 5.82 Å². The second-order valence-corrected chi connectivity index (χ2v) is 2.85. The first-order valence-corrected chi connectivity index (χ1v) is 3.83. The molecular formula is C7H7BrFN. The maximum atomic E-state index is 12.8. The molecule has 0 fully saturated rings. The van der Waals surface area contributed by atoms with Crippen molar-refractivity contribution in [2.75, 3.05) is 0 Å². The third-order valence-corrected chi connectivity index (χ3v) is 1.65. The van der Waals surface area contributed by atoms with Crippen molar-refractivity contribution in [2.45, 2.75) is 13.3 Å². The maximum absolute atomic E-state index is 12.8. The lowest BCUT2D eigenvalue weighted by Gasteiger charge is -1.96. The van der Waals surface area contributed by atoms with Crippen LogP contribution in [0.5, 0.6) is 0 Å². The van der Waals surface area contributed by atoms with E-state index in [9.17, 15) is 4.39 Å². The van der Waals surface area contributed by atoms with Crippen molar-refractivity contribution < 1.29 is 4.39 Å². The molecule has 0 amide bonds. The van der Waals surface area contributed by atoms with Gasteiger partial charge in [0, 0.05) is 10.7 Å². The molecular weight excluding hydrogens is 197 g/mol. The Morgan fingerprint density at radius 3 is 2.90 bits per heavy atom. The van der Waals surface area contributed by atoms with E-state index in [0.29, 0.717) is 16.6 Å². The summed E-state index contributed by atoms with van der Waals surface area (Å²) in [5.74, 6) is -0.239. The summed E-state index contributed by atoms with van der Waals surface area (Å²) in [5, 5.41) is 0. The molecule has 0 bridgehead atoms. The quantitative estimate of drug-likeness (QED) is 0.684. The van der Waals surface area contributed by atoms with Crippen LogP contribution in [-0.2, 0) is 6.42 Å². The Kier molecular flexibility index (Phi) is 2.38. The fourth-order valence-electron chi connectivity index (χ4n) is 0.703. The van der Waals surface area contributed by atoms with Crippen molar-refractivity contribution in [2.24, 2.45) is 0 Å². The van der Waals surface area contributed by atoms with E-state index in [1.54, 1.807) is 6.20 Å². The Bertz CT molecular complexity index is 237. The van der Waals surface area contributed by atoms with Crippen molar-refractivity contribution in [1.82, 2.24) is 4.98 Å². The zero-order valence-corrected chi connectivity index (χ0v) is 7.15. The Morgan fingerprint density at radius 1 is 1.70 bits per heavy atom. The monoisotopic (exact) mass is 203 g/mol. The summed E-state index contributed by atoms with van der Waals surface area (Å²) in [4.78, 5) is 3.87. The van der Waals surface area contributed by atoms with Crippen molar-refractivity contribution >= 4 is 15.9 Å². The van der Waals surface area contributed by atoms with Crippen LogP contribution in [0.3, 0.4) is 0 Å². The number of pyridine rings is 1. The minimum Gasteiger partial charge on any atom is -0.257 e. The van der Waals surface area contributed by atoms with E-state index in [0.717, 1.165) is 0 Å². The topological polar surface area (TPSA) is 12.9 Å². The summed E-state index contributed by atoms with van der Waals surface area (Å²) in [7, 11) is 0. The molecule has 0 unspecified atom stereocenters. The van der Waals surface area contributed by atoms with Gasteiger partial charge in [-0.25, -0.2) is 4.39 Å². The van der Waals surface area contributed by atoms with Crippen LogP contribution in [0.15, 0.2) is 16.7 Å². The fraction of sp³-hybridized carbons (Fsp3) is 0.286. The lowest BCUT2D eigenvalue weighted by molar-refractivity contribution is 0.600. The van der Waals surface area contributed by atoms with E-state index in [2.05, 4.69) is 20.9 Å². The van der Waals surface area contributed by atoms with Crippen LogP contribution in [0.25, 0.3) is 0 Å². The third-order valence-electron chi connectivity index (χ3n) is 1.22. The molecule has 3 heteroatoms. The zero-order valence-electron chi connectivity index (χ0n) is 5.56. The lowest BCUT2D eigenvalue weighted by atomic mass is 10.3. The van der Waals surface area contributed by atoms with E-state index in [4.69, 9.17) is 0 Å². The molecule has 54 valence electrons. The van der Waals surface area contributed by atoms with Crippen LogP contribution < -0.4 is 0 Å². The number of nitrogens with zero attached hydrogens (tertiary/aromatic N) is 1. The maximum Gasteiger partial charge on any atom is 0.145 e. The molecule has 1 rings (SSSR count). The second kappa shape index (κ2) is 3.10. The molecule has 0 spiro atoms. The summed E-state index contributed by atoms with van der Waals surface area (Å²) >= 11 is 3.12. The Morgan fingerprint density at radius 2 is 2.40 bits per heavy atom. The van der Waals surface area contributed by atoms with E-state index >= 15 is 0 Å². The molecule has 0 N–H and O–H groups in total. The molecule has 10 heavy (non-hydrogen) atoms. The molecule has 0 radical (unpaired) electrons. The summed E-state index contributed by atoms with van der Waals surface area (Å²) in [6, 6.07) is 1.42. The van der Waals surface area contributed by atoms with Crippen LogP contribution in [-0.4, -0.2) is 4.98 Å². The molecule has 1 aromatic heterocycles. The number of hydrogen-bond donors (Lipinski definition) is 0. The molecule has 1 nitrogen and oxygen atoms in total. The highest BCUT2D eigenvalue weighted by Gasteiger charge is 1.99. The van der Waals surface area contributed by atoms with Gasteiger partial charge in [-0.1, -0.05) is 6.92 Å². The standard InChI is InChI=1S/C7H7BrFN/c1-2-7-6(9)3-5(8)4-10-7/h3-4H,2H2,1H3. The molecule has 0 aliphatic carbocycles. The first-order valence-electron chi connectivity index (χ1n) is 3.04. The van der Waals surface area contributed by atoms with E-state index in [1.165, 1.54) is 6.07 Å². The van der Waals surface area contributed by atoms with Gasteiger partial charge >= 0.3 is 0 Å². The van der Waals surface area contributed by atoms with E-state index in [1.807, 2.05) is 6.92 Å². The highest BCUT2D eigenvalue weighted by Crippen LogP contribution is 2.12. The summed E-state index contributed by atoms with van der Waals surface area (Å²) in [5.41, 5.74) is 0.517. The van der Waals surface area contributed by atoms with Gasteiger partial charge in [-0.15, -0.1) is 0 Å². The van der Waals surface area contributed by atoms with Crippen molar-refractivity contribution in [3.05, 3.63) is 28.2 Å². The minimum absolute atomic E-state index is 0.239. The highest BCUT2D eigenvalue weighted by molar-refractivity contribution is 9.10. The van der Waals surface area contributed by atoms with Gasteiger partial charge in [0.25, 0.3) is 0 Å². The summed E-state index contributed by atoms with van der Waals surface area (Å²) < 4.78 is 13.4. The first-order chi connectivity index (χ1) is 4.74. The van der Waals surface area contributed by atoms with Crippen molar-refractivity contribution in [3.63, 3.8) is 0 Å². The van der Waals surface area contributed by atoms with Crippen molar-refractivity contribution in [1.29, 1.82) is 0 Å². The average Bonchev–Trinajstić information content (AvgIpc) is 1.88. The number of aryl methyl sites for hydroxylation is 1. The van der Waals surface area contributed by atoms with Gasteiger partial charge in [-0.2, -0.15) is 0 Å².